The molecule has 0 saturated heterocycles. The van der Waals surface area contributed by atoms with Crippen molar-refractivity contribution in [2.24, 2.45) is 29.1 Å². The van der Waals surface area contributed by atoms with Crippen LogP contribution in [0.1, 0.15) is 59.3 Å². The summed E-state index contributed by atoms with van der Waals surface area (Å²) < 4.78 is 0. The Bertz CT molecular complexity index is 395. The van der Waals surface area contributed by atoms with E-state index in [-0.39, 0.29) is 5.41 Å². The predicted molar refractivity (Wildman–Crippen MR) is 75.8 cm³/mol. The maximum Gasteiger partial charge on any atom is 0.331 e. The van der Waals surface area contributed by atoms with E-state index in [9.17, 15) is 9.90 Å². The van der Waals surface area contributed by atoms with E-state index in [4.69, 9.17) is 0 Å². The molecular formula is C17H26O2. The lowest BCUT2D eigenvalue weighted by molar-refractivity contribution is -0.133. The van der Waals surface area contributed by atoms with E-state index in [1.54, 1.807) is 0 Å². The molecule has 19 heavy (non-hydrogen) atoms. The first-order chi connectivity index (χ1) is 8.91. The molecule has 4 fully saturated rings. The normalized spacial score (nSPS) is 41.6. The third kappa shape index (κ3) is 2.04. The Morgan fingerprint density at radius 1 is 1.05 bits per heavy atom. The van der Waals surface area contributed by atoms with Gasteiger partial charge in [0.1, 0.15) is 0 Å². The third-order valence-electron chi connectivity index (χ3n) is 5.91. The molecule has 106 valence electrons. The van der Waals surface area contributed by atoms with Gasteiger partial charge in [-0.25, -0.2) is 4.79 Å². The number of allylic oxidation sites excluding steroid dienone is 1. The number of rotatable bonds is 3. The molecule has 4 rings (SSSR count). The standard InChI is InChI=1S/C17H26O2/c1-10(2)15(11(3)16(18)19)17-7-12-4-13(8-17)6-14(5-12)9-17/h10,12-14H,4-9H2,1-3H3,(H,18,19)/b15-11-. The van der Waals surface area contributed by atoms with E-state index < -0.39 is 5.97 Å². The smallest absolute Gasteiger partial charge is 0.331 e. The van der Waals surface area contributed by atoms with Gasteiger partial charge in [-0.1, -0.05) is 19.4 Å². The number of carboxylic acids is 1. The van der Waals surface area contributed by atoms with Crippen molar-refractivity contribution >= 4 is 5.97 Å². The topological polar surface area (TPSA) is 37.3 Å². The first kappa shape index (κ1) is 13.2. The summed E-state index contributed by atoms with van der Waals surface area (Å²) in [7, 11) is 0. The van der Waals surface area contributed by atoms with Crippen LogP contribution in [-0.2, 0) is 4.79 Å². The van der Waals surface area contributed by atoms with Crippen LogP contribution >= 0.6 is 0 Å². The van der Waals surface area contributed by atoms with Crippen LogP contribution in [0.3, 0.4) is 0 Å². The van der Waals surface area contributed by atoms with Crippen LogP contribution in [0.15, 0.2) is 11.1 Å². The maximum absolute atomic E-state index is 11.5. The van der Waals surface area contributed by atoms with E-state index in [2.05, 4.69) is 13.8 Å². The molecule has 0 atom stereocenters. The second-order valence-corrected chi connectivity index (χ2v) is 7.70. The van der Waals surface area contributed by atoms with Gasteiger partial charge in [0.2, 0.25) is 0 Å². The molecule has 4 aliphatic carbocycles. The number of carbonyl (C=O) groups is 1. The number of hydrogen-bond donors (Lipinski definition) is 1. The van der Waals surface area contributed by atoms with Gasteiger partial charge in [-0.05, 0) is 74.5 Å². The van der Waals surface area contributed by atoms with Gasteiger partial charge in [0.15, 0.2) is 0 Å². The van der Waals surface area contributed by atoms with Gasteiger partial charge in [-0.2, -0.15) is 0 Å². The summed E-state index contributed by atoms with van der Waals surface area (Å²) in [6, 6.07) is 0. The van der Waals surface area contributed by atoms with Crippen molar-refractivity contribution in [3.8, 4) is 0 Å². The molecule has 2 heteroatoms. The van der Waals surface area contributed by atoms with Gasteiger partial charge in [0.25, 0.3) is 0 Å². The molecular weight excluding hydrogens is 236 g/mol. The third-order valence-corrected chi connectivity index (χ3v) is 5.91. The van der Waals surface area contributed by atoms with Crippen molar-refractivity contribution < 1.29 is 9.90 Å². The molecule has 0 unspecified atom stereocenters. The lowest BCUT2D eigenvalue weighted by Crippen LogP contribution is -2.48. The Kier molecular flexibility index (Phi) is 3.03. The lowest BCUT2D eigenvalue weighted by Gasteiger charge is -2.58. The van der Waals surface area contributed by atoms with Crippen LogP contribution in [0.25, 0.3) is 0 Å². The van der Waals surface area contributed by atoms with Crippen LogP contribution in [0.2, 0.25) is 0 Å². The molecule has 0 aromatic rings. The second-order valence-electron chi connectivity index (χ2n) is 7.70. The molecule has 0 radical (unpaired) electrons. The minimum absolute atomic E-state index is 0.241. The molecule has 0 aliphatic heterocycles. The summed E-state index contributed by atoms with van der Waals surface area (Å²) >= 11 is 0. The molecule has 0 aromatic heterocycles. The molecule has 1 N–H and O–H groups in total. The van der Waals surface area contributed by atoms with Crippen molar-refractivity contribution in [3.63, 3.8) is 0 Å². The SMILES string of the molecule is C/C(C(=O)O)=C(\C(C)C)C12CC3CC(CC(C3)C1)C2. The molecule has 4 saturated carbocycles. The highest BCUT2D eigenvalue weighted by molar-refractivity contribution is 5.87. The molecule has 2 nitrogen and oxygen atoms in total. The molecule has 4 bridgehead atoms. The lowest BCUT2D eigenvalue weighted by atomic mass is 9.46. The first-order valence-electron chi connectivity index (χ1n) is 7.86. The van der Waals surface area contributed by atoms with E-state index in [0.29, 0.717) is 11.5 Å². The molecule has 4 aliphatic rings. The largest absolute Gasteiger partial charge is 0.478 e. The average molecular weight is 262 g/mol. The minimum Gasteiger partial charge on any atom is -0.478 e. The Hall–Kier alpha value is -0.790. The van der Waals surface area contributed by atoms with Gasteiger partial charge >= 0.3 is 5.97 Å². The number of aliphatic carboxylic acids is 1. The zero-order chi connectivity index (χ0) is 13.8. The van der Waals surface area contributed by atoms with Crippen LogP contribution in [0.5, 0.6) is 0 Å². The fourth-order valence-corrected chi connectivity index (χ4v) is 6.00. The summed E-state index contributed by atoms with van der Waals surface area (Å²) in [5.41, 5.74) is 2.15. The molecule has 0 aromatic carbocycles. The fourth-order valence-electron chi connectivity index (χ4n) is 6.00. The Morgan fingerprint density at radius 2 is 1.47 bits per heavy atom. The monoisotopic (exact) mass is 262 g/mol. The second kappa shape index (κ2) is 4.36. The van der Waals surface area contributed by atoms with Crippen molar-refractivity contribution in [1.82, 2.24) is 0 Å². The quantitative estimate of drug-likeness (QED) is 0.772. The Balaban J connectivity index is 2.03. The summed E-state index contributed by atoms with van der Waals surface area (Å²) in [6.07, 6.45) is 8.02. The van der Waals surface area contributed by atoms with E-state index in [1.807, 2.05) is 6.92 Å². The van der Waals surface area contributed by atoms with E-state index in [0.717, 1.165) is 17.8 Å². The molecule has 0 amide bonds. The van der Waals surface area contributed by atoms with Crippen LogP contribution in [-0.4, -0.2) is 11.1 Å². The van der Waals surface area contributed by atoms with Crippen molar-refractivity contribution in [3.05, 3.63) is 11.1 Å². The zero-order valence-electron chi connectivity index (χ0n) is 12.4. The summed E-state index contributed by atoms with van der Waals surface area (Å²) in [5.74, 6) is 2.29. The molecule has 0 heterocycles. The highest BCUT2D eigenvalue weighted by Crippen LogP contribution is 2.64. The highest BCUT2D eigenvalue weighted by Gasteiger charge is 2.53. The van der Waals surface area contributed by atoms with Crippen molar-refractivity contribution in [1.29, 1.82) is 0 Å². The van der Waals surface area contributed by atoms with Gasteiger partial charge in [0, 0.05) is 5.57 Å². The van der Waals surface area contributed by atoms with Crippen molar-refractivity contribution in [2.45, 2.75) is 59.3 Å². The average Bonchev–Trinajstić information content (AvgIpc) is 2.25. The van der Waals surface area contributed by atoms with Gasteiger partial charge < -0.3 is 5.11 Å². The summed E-state index contributed by atoms with van der Waals surface area (Å²) in [4.78, 5) is 11.5. The Morgan fingerprint density at radius 3 is 1.79 bits per heavy atom. The first-order valence-corrected chi connectivity index (χ1v) is 7.86. The van der Waals surface area contributed by atoms with Gasteiger partial charge in [-0.3, -0.25) is 0 Å². The molecule has 0 spiro atoms. The van der Waals surface area contributed by atoms with Gasteiger partial charge in [0.05, 0.1) is 0 Å². The summed E-state index contributed by atoms with van der Waals surface area (Å²) in [5, 5.41) is 9.45. The minimum atomic E-state index is -0.709. The van der Waals surface area contributed by atoms with Crippen LogP contribution in [0.4, 0.5) is 0 Å². The number of hydrogen-bond acceptors (Lipinski definition) is 1. The van der Waals surface area contributed by atoms with Crippen LogP contribution < -0.4 is 0 Å². The Labute approximate surface area is 116 Å². The zero-order valence-corrected chi connectivity index (χ0v) is 12.4. The van der Waals surface area contributed by atoms with Crippen molar-refractivity contribution in [2.75, 3.05) is 0 Å². The van der Waals surface area contributed by atoms with E-state index >= 15 is 0 Å². The summed E-state index contributed by atoms with van der Waals surface area (Å²) in [6.45, 7) is 6.19. The fraction of sp³-hybridized carbons (Fsp3) is 0.824. The number of carboxylic acid groups (broad SMARTS) is 1. The predicted octanol–water partition coefficient (Wildman–Crippen LogP) is 4.26. The maximum atomic E-state index is 11.5. The van der Waals surface area contributed by atoms with Gasteiger partial charge in [-0.15, -0.1) is 0 Å². The van der Waals surface area contributed by atoms with E-state index in [1.165, 1.54) is 44.1 Å². The highest BCUT2D eigenvalue weighted by atomic mass is 16.4. The van der Waals surface area contributed by atoms with Crippen LogP contribution in [0, 0.1) is 29.1 Å².